The van der Waals surface area contributed by atoms with Gasteiger partial charge in [-0.25, -0.2) is 5.26 Å². The average Bonchev–Trinajstić information content (AvgIpc) is 2.21. The van der Waals surface area contributed by atoms with E-state index in [0.717, 1.165) is 0 Å². The fourth-order valence-corrected chi connectivity index (χ4v) is 0.751. The summed E-state index contributed by atoms with van der Waals surface area (Å²) in [4.78, 5) is 14.7. The highest BCUT2D eigenvalue weighted by atomic mass is 17.1. The van der Waals surface area contributed by atoms with Crippen molar-refractivity contribution in [1.82, 2.24) is 0 Å². The highest BCUT2D eigenvalue weighted by molar-refractivity contribution is 5.94. The Kier molecular flexibility index (Phi) is 5.55. The van der Waals surface area contributed by atoms with Crippen LogP contribution in [0.2, 0.25) is 0 Å². The van der Waals surface area contributed by atoms with Gasteiger partial charge in [0.2, 0.25) is 0 Å². The van der Waals surface area contributed by atoms with Crippen LogP contribution in [0.4, 0.5) is 0 Å². The lowest BCUT2D eigenvalue weighted by Crippen LogP contribution is -1.91. The molecule has 0 heterocycles. The predicted octanol–water partition coefficient (Wildman–Crippen LogP) is 2.77. The van der Waals surface area contributed by atoms with E-state index in [0.29, 0.717) is 11.3 Å². The summed E-state index contributed by atoms with van der Waals surface area (Å²) in [5, 5.41) is 8.18. The van der Waals surface area contributed by atoms with Crippen molar-refractivity contribution in [3.05, 3.63) is 29.8 Å². The van der Waals surface area contributed by atoms with Crippen molar-refractivity contribution < 1.29 is 14.9 Å². The van der Waals surface area contributed by atoms with E-state index >= 15 is 0 Å². The molecule has 13 heavy (non-hydrogen) atoms. The Morgan fingerprint density at radius 1 is 1.23 bits per heavy atom. The molecule has 0 aliphatic carbocycles. The minimum Gasteiger partial charge on any atom is -0.340 e. The Bertz CT molecular complexity index is 251. The third-order valence-electron chi connectivity index (χ3n) is 1.37. The molecule has 0 bridgehead atoms. The summed E-state index contributed by atoms with van der Waals surface area (Å²) < 4.78 is 0. The molecule has 0 atom stereocenters. The Balaban J connectivity index is 0.000000671. The molecule has 0 spiro atoms. The van der Waals surface area contributed by atoms with Crippen LogP contribution in [-0.2, 0) is 0 Å². The zero-order chi connectivity index (χ0) is 10.3. The van der Waals surface area contributed by atoms with Gasteiger partial charge in [0.05, 0.1) is 0 Å². The summed E-state index contributed by atoms with van der Waals surface area (Å²) in [6, 6.07) is 6.23. The van der Waals surface area contributed by atoms with E-state index < -0.39 is 0 Å². The Morgan fingerprint density at radius 3 is 2.00 bits per heavy atom. The number of carbonyl (C=O) groups excluding carboxylic acids is 1. The minimum atomic E-state index is -0.00510. The molecule has 0 saturated heterocycles. The second-order valence-electron chi connectivity index (χ2n) is 2.17. The van der Waals surface area contributed by atoms with Crippen molar-refractivity contribution in [3.8, 4) is 5.75 Å². The number of rotatable bonds is 2. The number of Topliss-reactive ketones (excluding diaryl/α,β-unsaturated/α-hetero) is 1. The van der Waals surface area contributed by atoms with Crippen LogP contribution in [0.25, 0.3) is 0 Å². The zero-order valence-electron chi connectivity index (χ0n) is 8.07. The zero-order valence-corrected chi connectivity index (χ0v) is 8.07. The maximum atomic E-state index is 10.7. The Hall–Kier alpha value is -1.35. The van der Waals surface area contributed by atoms with E-state index in [2.05, 4.69) is 4.89 Å². The summed E-state index contributed by atoms with van der Waals surface area (Å²) >= 11 is 0. The normalized spacial score (nSPS) is 8.31. The lowest BCUT2D eigenvalue weighted by Gasteiger charge is -1.96. The maximum Gasteiger partial charge on any atom is 0.165 e. The topological polar surface area (TPSA) is 46.5 Å². The lowest BCUT2D eigenvalue weighted by atomic mass is 10.1. The predicted molar refractivity (Wildman–Crippen MR) is 51.1 cm³/mol. The first-order chi connectivity index (χ1) is 6.24. The molecule has 3 heteroatoms. The Morgan fingerprint density at radius 2 is 1.69 bits per heavy atom. The molecule has 0 aliphatic rings. The van der Waals surface area contributed by atoms with E-state index in [1.54, 1.807) is 12.1 Å². The maximum absolute atomic E-state index is 10.7. The second kappa shape index (κ2) is 6.20. The van der Waals surface area contributed by atoms with Gasteiger partial charge in [0.15, 0.2) is 11.5 Å². The van der Waals surface area contributed by atoms with Crippen LogP contribution in [0.3, 0.4) is 0 Å². The molecule has 0 amide bonds. The molecule has 72 valence electrons. The quantitative estimate of drug-likeness (QED) is 0.434. The van der Waals surface area contributed by atoms with Gasteiger partial charge in [0.1, 0.15) is 0 Å². The number of ketones is 1. The number of hydrogen-bond acceptors (Lipinski definition) is 3. The van der Waals surface area contributed by atoms with Crippen molar-refractivity contribution in [2.24, 2.45) is 0 Å². The molecular weight excluding hydrogens is 168 g/mol. The molecule has 1 aromatic rings. The van der Waals surface area contributed by atoms with Crippen LogP contribution < -0.4 is 4.89 Å². The third-order valence-corrected chi connectivity index (χ3v) is 1.37. The van der Waals surface area contributed by atoms with Gasteiger partial charge < -0.3 is 4.89 Å². The van der Waals surface area contributed by atoms with E-state index in [-0.39, 0.29) is 5.78 Å². The van der Waals surface area contributed by atoms with Crippen LogP contribution in [0.1, 0.15) is 31.1 Å². The van der Waals surface area contributed by atoms with Crippen molar-refractivity contribution in [3.63, 3.8) is 0 Å². The molecule has 1 rings (SSSR count). The molecule has 0 fully saturated rings. The highest BCUT2D eigenvalue weighted by Crippen LogP contribution is 2.10. The number of carbonyl (C=O) groups is 1. The molecule has 0 saturated carbocycles. The molecule has 0 unspecified atom stereocenters. The monoisotopic (exact) mass is 182 g/mol. The van der Waals surface area contributed by atoms with Gasteiger partial charge in [-0.05, 0) is 31.2 Å². The van der Waals surface area contributed by atoms with Gasteiger partial charge in [-0.1, -0.05) is 13.8 Å². The standard InChI is InChI=1S/C8H8O3.C2H6/c1-6(9)7-2-4-8(11-10)5-3-7;1-2/h2-5,10H,1H3;1-2H3. The third kappa shape index (κ3) is 3.71. The molecular formula is C10H14O3. The van der Waals surface area contributed by atoms with E-state index in [1.807, 2.05) is 13.8 Å². The second-order valence-corrected chi connectivity index (χ2v) is 2.17. The van der Waals surface area contributed by atoms with Gasteiger partial charge in [0, 0.05) is 5.56 Å². The SMILES string of the molecule is CC.CC(=O)c1ccc(OO)cc1. The van der Waals surface area contributed by atoms with Crippen molar-refractivity contribution in [2.45, 2.75) is 20.8 Å². The first-order valence-corrected chi connectivity index (χ1v) is 4.16. The smallest absolute Gasteiger partial charge is 0.165 e. The largest absolute Gasteiger partial charge is 0.340 e. The van der Waals surface area contributed by atoms with Crippen LogP contribution in [0.15, 0.2) is 24.3 Å². The van der Waals surface area contributed by atoms with E-state index in [1.165, 1.54) is 19.1 Å². The Labute approximate surface area is 77.9 Å². The van der Waals surface area contributed by atoms with E-state index in [4.69, 9.17) is 5.26 Å². The summed E-state index contributed by atoms with van der Waals surface area (Å²) in [6.45, 7) is 5.48. The summed E-state index contributed by atoms with van der Waals surface area (Å²) in [7, 11) is 0. The molecule has 1 aromatic carbocycles. The molecule has 0 aromatic heterocycles. The molecule has 0 radical (unpaired) electrons. The first kappa shape index (κ1) is 11.6. The van der Waals surface area contributed by atoms with Gasteiger partial charge in [-0.3, -0.25) is 4.79 Å². The first-order valence-electron chi connectivity index (χ1n) is 4.16. The summed E-state index contributed by atoms with van der Waals surface area (Å²) in [6.07, 6.45) is 0. The van der Waals surface area contributed by atoms with Gasteiger partial charge in [-0.15, -0.1) is 0 Å². The van der Waals surface area contributed by atoms with Gasteiger partial charge in [-0.2, -0.15) is 0 Å². The average molecular weight is 182 g/mol. The molecule has 1 N–H and O–H groups in total. The van der Waals surface area contributed by atoms with Crippen molar-refractivity contribution in [1.29, 1.82) is 0 Å². The van der Waals surface area contributed by atoms with Gasteiger partial charge in [0.25, 0.3) is 0 Å². The minimum absolute atomic E-state index is 0.00510. The van der Waals surface area contributed by atoms with Crippen LogP contribution in [0, 0.1) is 0 Å². The number of benzene rings is 1. The summed E-state index contributed by atoms with van der Waals surface area (Å²) in [5.74, 6) is 0.324. The summed E-state index contributed by atoms with van der Waals surface area (Å²) in [5.41, 5.74) is 0.603. The van der Waals surface area contributed by atoms with Crippen molar-refractivity contribution >= 4 is 5.78 Å². The highest BCUT2D eigenvalue weighted by Gasteiger charge is 1.98. The molecule has 0 aliphatic heterocycles. The number of hydrogen-bond donors (Lipinski definition) is 1. The van der Waals surface area contributed by atoms with Crippen LogP contribution in [-0.4, -0.2) is 11.0 Å². The fourth-order valence-electron chi connectivity index (χ4n) is 0.751. The van der Waals surface area contributed by atoms with Crippen LogP contribution in [0.5, 0.6) is 5.75 Å². The van der Waals surface area contributed by atoms with E-state index in [9.17, 15) is 4.79 Å². The fraction of sp³-hybridized carbons (Fsp3) is 0.300. The van der Waals surface area contributed by atoms with Gasteiger partial charge >= 0.3 is 0 Å². The van der Waals surface area contributed by atoms with Crippen LogP contribution >= 0.6 is 0 Å². The lowest BCUT2D eigenvalue weighted by molar-refractivity contribution is -0.137. The van der Waals surface area contributed by atoms with Crippen molar-refractivity contribution in [2.75, 3.05) is 0 Å². The molecule has 3 nitrogen and oxygen atoms in total.